The lowest BCUT2D eigenvalue weighted by atomic mass is 10.5. The molecule has 2 N–H and O–H groups in total. The van der Waals surface area contributed by atoms with E-state index in [0.717, 1.165) is 0 Å². The topological polar surface area (TPSA) is 114 Å². The predicted molar refractivity (Wildman–Crippen MR) is 81.9 cm³/mol. The number of nitrogens with one attached hydrogen (secondary N) is 1. The van der Waals surface area contributed by atoms with Crippen LogP contribution < -0.4 is 4.72 Å². The summed E-state index contributed by atoms with van der Waals surface area (Å²) < 4.78 is 29.0. The molecule has 0 radical (unpaired) electrons. The van der Waals surface area contributed by atoms with Crippen LogP contribution in [0.5, 0.6) is 0 Å². The molecule has 0 saturated carbocycles. The van der Waals surface area contributed by atoms with Crippen LogP contribution in [-0.4, -0.2) is 41.0 Å². The maximum Gasteiger partial charge on any atom is 0.358 e. The van der Waals surface area contributed by atoms with Gasteiger partial charge in [-0.3, -0.25) is 4.68 Å². The summed E-state index contributed by atoms with van der Waals surface area (Å²) >= 11 is 7.65. The van der Waals surface area contributed by atoms with Crippen molar-refractivity contribution >= 4 is 59.2 Å². The van der Waals surface area contributed by atoms with Gasteiger partial charge >= 0.3 is 5.97 Å². The molecule has 2 heterocycles. The summed E-state index contributed by atoms with van der Waals surface area (Å²) in [5, 5.41) is 15.7. The summed E-state index contributed by atoms with van der Waals surface area (Å²) in [4.78, 5) is 10.8. The largest absolute Gasteiger partial charge is 0.476 e. The van der Waals surface area contributed by atoms with E-state index in [1.165, 1.54) is 28.3 Å². The van der Waals surface area contributed by atoms with Crippen molar-refractivity contribution in [3.05, 3.63) is 25.5 Å². The molecule has 2 rings (SSSR count). The van der Waals surface area contributed by atoms with Crippen LogP contribution in [0, 0.1) is 0 Å². The summed E-state index contributed by atoms with van der Waals surface area (Å²) in [6.45, 7) is 0.229. The number of carbonyl (C=O) groups is 1. The second-order valence-corrected chi connectivity index (χ2v) is 9.24. The van der Waals surface area contributed by atoms with E-state index in [-0.39, 0.29) is 23.7 Å². The Morgan fingerprint density at radius 1 is 1.48 bits per heavy atom. The first-order chi connectivity index (χ1) is 9.79. The number of hydrogen-bond acceptors (Lipinski definition) is 6. The maximum atomic E-state index is 12.1. The summed E-state index contributed by atoms with van der Waals surface area (Å²) in [6, 6.07) is 1.50. The Balaban J connectivity index is 1.99. The molecule has 0 aliphatic heterocycles. The number of halogens is 2. The number of sulfonamides is 1. The van der Waals surface area contributed by atoms with Crippen molar-refractivity contribution in [1.29, 1.82) is 0 Å². The molecule has 0 aliphatic carbocycles. The number of aromatic carboxylic acids is 1. The molecule has 8 nitrogen and oxygen atoms in total. The zero-order chi connectivity index (χ0) is 15.6. The molecule has 0 saturated heterocycles. The van der Waals surface area contributed by atoms with Crippen molar-refractivity contribution in [2.45, 2.75) is 11.4 Å². The molecule has 12 heteroatoms. The second-order valence-electron chi connectivity index (χ2n) is 3.76. The fourth-order valence-electron chi connectivity index (χ4n) is 1.39. The molecule has 114 valence electrons. The van der Waals surface area contributed by atoms with Crippen LogP contribution in [0.1, 0.15) is 10.5 Å². The van der Waals surface area contributed by atoms with Gasteiger partial charge in [-0.05, 0) is 37.9 Å². The first-order valence-electron chi connectivity index (χ1n) is 5.37. The highest BCUT2D eigenvalue weighted by Gasteiger charge is 2.20. The van der Waals surface area contributed by atoms with Crippen molar-refractivity contribution in [3.63, 3.8) is 0 Å². The number of aromatic nitrogens is 3. The van der Waals surface area contributed by atoms with Gasteiger partial charge in [0.15, 0.2) is 5.69 Å². The Morgan fingerprint density at radius 3 is 2.71 bits per heavy atom. The molecule has 0 spiro atoms. The van der Waals surface area contributed by atoms with Gasteiger partial charge in [0, 0.05) is 6.54 Å². The maximum absolute atomic E-state index is 12.1. The first kappa shape index (κ1) is 16.5. The minimum Gasteiger partial charge on any atom is -0.476 e. The number of nitrogens with zero attached hydrogens (tertiary/aromatic N) is 3. The van der Waals surface area contributed by atoms with Gasteiger partial charge in [0.1, 0.15) is 4.90 Å². The van der Waals surface area contributed by atoms with Gasteiger partial charge in [-0.25, -0.2) is 17.9 Å². The van der Waals surface area contributed by atoms with Crippen molar-refractivity contribution in [3.8, 4) is 0 Å². The molecule has 0 aliphatic rings. The van der Waals surface area contributed by atoms with Crippen LogP contribution in [0.25, 0.3) is 0 Å². The fourth-order valence-corrected chi connectivity index (χ4v) is 6.22. The van der Waals surface area contributed by atoms with Crippen molar-refractivity contribution in [2.75, 3.05) is 6.54 Å². The standard InChI is InChI=1S/C9H8Br2N4O4S2/c10-7-3-6(8(11)20-7)21(18,19)12-1-2-15-4-5(9(16)17)13-14-15/h3-4,12H,1-2H2,(H,16,17). The average molecular weight is 460 g/mol. The first-order valence-corrected chi connectivity index (χ1v) is 9.26. The molecular weight excluding hydrogens is 452 g/mol. The van der Waals surface area contributed by atoms with Crippen LogP contribution in [0.2, 0.25) is 0 Å². The SMILES string of the molecule is O=C(O)c1cn(CCNS(=O)(=O)c2cc(Br)sc2Br)nn1. The third kappa shape index (κ3) is 4.10. The molecule has 2 aromatic rings. The number of hydrogen-bond donors (Lipinski definition) is 2. The highest BCUT2D eigenvalue weighted by Crippen LogP contribution is 2.34. The molecule has 21 heavy (non-hydrogen) atoms. The normalized spacial score (nSPS) is 11.7. The van der Waals surface area contributed by atoms with Gasteiger partial charge in [0.05, 0.1) is 20.3 Å². The lowest BCUT2D eigenvalue weighted by molar-refractivity contribution is 0.0690. The Bertz CT molecular complexity index is 771. The summed E-state index contributed by atoms with van der Waals surface area (Å²) in [5.74, 6) is -1.19. The van der Waals surface area contributed by atoms with E-state index in [9.17, 15) is 13.2 Å². The molecule has 0 bridgehead atoms. The molecule has 0 atom stereocenters. The number of thiophene rings is 1. The second kappa shape index (κ2) is 6.52. The number of rotatable bonds is 6. The van der Waals surface area contributed by atoms with E-state index in [1.54, 1.807) is 0 Å². The summed E-state index contributed by atoms with van der Waals surface area (Å²) in [6.07, 6.45) is 1.23. The molecule has 0 amide bonds. The van der Waals surface area contributed by atoms with E-state index in [2.05, 4.69) is 46.9 Å². The van der Waals surface area contributed by atoms with Crippen molar-refractivity contribution < 1.29 is 18.3 Å². The van der Waals surface area contributed by atoms with Gasteiger partial charge in [0.25, 0.3) is 0 Å². The van der Waals surface area contributed by atoms with Crippen LogP contribution >= 0.6 is 43.2 Å². The minimum absolute atomic E-state index is 0.0602. The van der Waals surface area contributed by atoms with Gasteiger partial charge in [-0.15, -0.1) is 16.4 Å². The van der Waals surface area contributed by atoms with Gasteiger partial charge in [-0.1, -0.05) is 5.21 Å². The fraction of sp³-hybridized carbons (Fsp3) is 0.222. The summed E-state index contributed by atoms with van der Waals surface area (Å²) in [7, 11) is -3.64. The van der Waals surface area contributed by atoms with Gasteiger partial charge in [-0.2, -0.15) is 0 Å². The van der Waals surface area contributed by atoms with Crippen molar-refractivity contribution in [1.82, 2.24) is 19.7 Å². The molecule has 0 aromatic carbocycles. The third-order valence-corrected chi connectivity index (χ3v) is 6.52. The van der Waals surface area contributed by atoms with Crippen molar-refractivity contribution in [2.24, 2.45) is 0 Å². The predicted octanol–water partition coefficient (Wildman–Crippen LogP) is 1.54. The Labute approximate surface area is 140 Å². The van der Waals surface area contributed by atoms with Crippen LogP contribution in [0.15, 0.2) is 24.7 Å². The number of carboxylic acid groups (broad SMARTS) is 1. The lowest BCUT2D eigenvalue weighted by Crippen LogP contribution is -2.27. The smallest absolute Gasteiger partial charge is 0.358 e. The zero-order valence-electron chi connectivity index (χ0n) is 10.2. The van der Waals surface area contributed by atoms with E-state index in [4.69, 9.17) is 5.11 Å². The molecule has 0 fully saturated rings. The Kier molecular flexibility index (Phi) is 5.14. The minimum atomic E-state index is -3.64. The van der Waals surface area contributed by atoms with Crippen LogP contribution in [0.3, 0.4) is 0 Å². The van der Waals surface area contributed by atoms with E-state index in [1.807, 2.05) is 0 Å². The Hall–Kier alpha value is -0.820. The third-order valence-electron chi connectivity index (χ3n) is 2.31. The van der Waals surface area contributed by atoms with Gasteiger partial charge in [0.2, 0.25) is 10.0 Å². The molecular formula is C9H8Br2N4O4S2. The zero-order valence-corrected chi connectivity index (χ0v) is 15.0. The van der Waals surface area contributed by atoms with Gasteiger partial charge < -0.3 is 5.11 Å². The Morgan fingerprint density at radius 2 is 2.19 bits per heavy atom. The van der Waals surface area contributed by atoms with E-state index >= 15 is 0 Å². The molecule has 2 aromatic heterocycles. The summed E-state index contributed by atoms with van der Waals surface area (Å²) in [5.41, 5.74) is -0.192. The lowest BCUT2D eigenvalue weighted by Gasteiger charge is -2.05. The quantitative estimate of drug-likeness (QED) is 0.677. The van der Waals surface area contributed by atoms with E-state index in [0.29, 0.717) is 7.57 Å². The van der Waals surface area contributed by atoms with E-state index < -0.39 is 16.0 Å². The number of carboxylic acids is 1. The van der Waals surface area contributed by atoms with Crippen LogP contribution in [-0.2, 0) is 16.6 Å². The molecule has 0 unspecified atom stereocenters. The average Bonchev–Trinajstić information content (AvgIpc) is 2.96. The highest BCUT2D eigenvalue weighted by molar-refractivity contribution is 9.12. The highest BCUT2D eigenvalue weighted by atomic mass is 79.9. The monoisotopic (exact) mass is 458 g/mol. The van der Waals surface area contributed by atoms with Crippen LogP contribution in [0.4, 0.5) is 0 Å².